The summed E-state index contributed by atoms with van der Waals surface area (Å²) in [6, 6.07) is 0. The monoisotopic (exact) mass is 403 g/mol. The Bertz CT molecular complexity index is 609. The molecule has 0 spiro atoms. The van der Waals surface area contributed by atoms with Crippen molar-refractivity contribution in [2.75, 3.05) is 13.1 Å². The Hall–Kier alpha value is -0.440. The van der Waals surface area contributed by atoms with Crippen molar-refractivity contribution >= 4 is 17.5 Å². The van der Waals surface area contributed by atoms with Crippen LogP contribution in [0.2, 0.25) is 0 Å². The summed E-state index contributed by atoms with van der Waals surface area (Å²) in [6.45, 7) is 12.7. The summed E-state index contributed by atoms with van der Waals surface area (Å²) < 4.78 is 30.5. The molecule has 4 rings (SSSR count). The second-order valence-corrected chi connectivity index (χ2v) is 9.20. The van der Waals surface area contributed by atoms with Gasteiger partial charge in [-0.2, -0.15) is 0 Å². The van der Waals surface area contributed by atoms with Crippen LogP contribution in [0.25, 0.3) is 0 Å². The molecule has 0 aromatic rings. The van der Waals surface area contributed by atoms with Gasteiger partial charge in [0.15, 0.2) is 17.9 Å². The van der Waals surface area contributed by atoms with E-state index < -0.39 is 17.9 Å². The predicted octanol–water partition coefficient (Wildman–Crippen LogP) is 2.10. The van der Waals surface area contributed by atoms with Gasteiger partial charge in [0.25, 0.3) is 0 Å². The van der Waals surface area contributed by atoms with Gasteiger partial charge in [0.2, 0.25) is 5.91 Å². The fourth-order valence-electron chi connectivity index (χ4n) is 4.68. The minimum Gasteiger partial charge on any atom is -0.343 e. The first-order chi connectivity index (χ1) is 12.6. The molecule has 1 aliphatic carbocycles. The van der Waals surface area contributed by atoms with E-state index in [-0.39, 0.29) is 47.5 Å². The number of rotatable bonds is 4. The lowest BCUT2D eigenvalue weighted by molar-refractivity contribution is -0.239. The van der Waals surface area contributed by atoms with Gasteiger partial charge in [0.1, 0.15) is 18.3 Å². The number of ether oxygens (including phenoxy) is 5. The first-order valence-electron chi connectivity index (χ1n) is 9.88. The average molecular weight is 404 g/mol. The molecule has 0 bridgehead atoms. The molecule has 3 saturated heterocycles. The van der Waals surface area contributed by atoms with Crippen LogP contribution in [0, 0.1) is 11.8 Å². The Labute approximate surface area is 165 Å². The third-order valence-corrected chi connectivity index (χ3v) is 6.48. The molecule has 0 unspecified atom stereocenters. The molecule has 1 saturated carbocycles. The van der Waals surface area contributed by atoms with Crippen LogP contribution in [0.5, 0.6) is 0 Å². The quantitative estimate of drug-likeness (QED) is 0.670. The molecular formula is C19H30ClNO6. The van der Waals surface area contributed by atoms with Gasteiger partial charge in [-0.25, -0.2) is 0 Å². The van der Waals surface area contributed by atoms with Gasteiger partial charge >= 0.3 is 0 Å². The number of alkyl halides is 1. The number of carbonyl (C=O) groups excluding carboxylic acids is 1. The summed E-state index contributed by atoms with van der Waals surface area (Å²) >= 11 is 6.57. The van der Waals surface area contributed by atoms with E-state index in [9.17, 15) is 4.79 Å². The van der Waals surface area contributed by atoms with E-state index in [4.69, 9.17) is 35.3 Å². The average Bonchev–Trinajstić information content (AvgIpc) is 2.94. The van der Waals surface area contributed by atoms with Crippen LogP contribution in [0.3, 0.4) is 0 Å². The van der Waals surface area contributed by atoms with Gasteiger partial charge in [0.05, 0.1) is 17.4 Å². The Morgan fingerprint density at radius 2 is 1.41 bits per heavy atom. The fourth-order valence-corrected chi connectivity index (χ4v) is 5.17. The van der Waals surface area contributed by atoms with E-state index in [0.29, 0.717) is 13.1 Å². The molecule has 8 heteroatoms. The van der Waals surface area contributed by atoms with Crippen molar-refractivity contribution < 1.29 is 28.5 Å². The fraction of sp³-hybridized carbons (Fsp3) is 0.947. The van der Waals surface area contributed by atoms with E-state index in [1.165, 1.54) is 0 Å². The van der Waals surface area contributed by atoms with Gasteiger partial charge in [0, 0.05) is 19.0 Å². The van der Waals surface area contributed by atoms with Crippen molar-refractivity contribution in [3.8, 4) is 0 Å². The van der Waals surface area contributed by atoms with Crippen molar-refractivity contribution in [2.24, 2.45) is 11.8 Å². The molecule has 4 fully saturated rings. The summed E-state index contributed by atoms with van der Waals surface area (Å²) in [4.78, 5) is 14.7. The van der Waals surface area contributed by atoms with Gasteiger partial charge in [-0.05, 0) is 41.5 Å². The number of hydrogen-bond acceptors (Lipinski definition) is 6. The Morgan fingerprint density at radius 3 is 2.00 bits per heavy atom. The van der Waals surface area contributed by atoms with Crippen molar-refractivity contribution in [3.05, 3.63) is 0 Å². The maximum atomic E-state index is 12.8. The standard InChI is InChI=1S/C19H30ClNO6/c1-7-21(8-2)16(22)10-9(11(10)20)12-13-14(25-18(3,4)24-13)15-17(23-12)27-19(5,6)26-15/h9-15,17H,7-8H2,1-6H3/t9-,10+,11+,12+,13-,14-,15+,17+/m0/s1. The highest BCUT2D eigenvalue weighted by Gasteiger charge is 2.68. The summed E-state index contributed by atoms with van der Waals surface area (Å²) in [5.74, 6) is -1.83. The van der Waals surface area contributed by atoms with E-state index in [1.54, 1.807) is 0 Å². The molecule has 8 atom stereocenters. The number of nitrogens with zero attached hydrogens (tertiary/aromatic N) is 1. The molecule has 0 aromatic heterocycles. The predicted molar refractivity (Wildman–Crippen MR) is 97.1 cm³/mol. The molecule has 3 heterocycles. The first-order valence-corrected chi connectivity index (χ1v) is 10.3. The summed E-state index contributed by atoms with van der Waals surface area (Å²) in [6.07, 6.45) is -1.97. The number of fused-ring (bicyclic) bond motifs is 3. The lowest BCUT2D eigenvalue weighted by atomic mass is 9.95. The third-order valence-electron chi connectivity index (χ3n) is 5.91. The highest BCUT2D eigenvalue weighted by Crippen LogP contribution is 2.54. The zero-order valence-corrected chi connectivity index (χ0v) is 17.6. The molecule has 3 aliphatic heterocycles. The van der Waals surface area contributed by atoms with Crippen LogP contribution < -0.4 is 0 Å². The van der Waals surface area contributed by atoms with Gasteiger partial charge < -0.3 is 28.6 Å². The van der Waals surface area contributed by atoms with E-state index in [2.05, 4.69) is 0 Å². The summed E-state index contributed by atoms with van der Waals surface area (Å²) in [5.41, 5.74) is 0. The minimum atomic E-state index is -0.759. The van der Waals surface area contributed by atoms with E-state index in [1.807, 2.05) is 46.4 Å². The maximum absolute atomic E-state index is 12.8. The highest BCUT2D eigenvalue weighted by atomic mass is 35.5. The van der Waals surface area contributed by atoms with Crippen molar-refractivity contribution in [3.63, 3.8) is 0 Å². The highest BCUT2D eigenvalue weighted by molar-refractivity contribution is 6.25. The van der Waals surface area contributed by atoms with Gasteiger partial charge in [-0.15, -0.1) is 11.6 Å². The number of halogens is 1. The van der Waals surface area contributed by atoms with Crippen LogP contribution in [0.15, 0.2) is 0 Å². The topological polar surface area (TPSA) is 66.5 Å². The molecule has 27 heavy (non-hydrogen) atoms. The minimum absolute atomic E-state index is 0.0781. The molecular weight excluding hydrogens is 374 g/mol. The normalized spacial score (nSPS) is 46.6. The Kier molecular flexibility index (Phi) is 4.81. The second-order valence-electron chi connectivity index (χ2n) is 8.69. The molecule has 1 amide bonds. The third kappa shape index (κ3) is 3.30. The van der Waals surface area contributed by atoms with Gasteiger partial charge in [-0.1, -0.05) is 0 Å². The molecule has 7 nitrogen and oxygen atoms in total. The Morgan fingerprint density at radius 1 is 0.889 bits per heavy atom. The molecule has 0 aromatic carbocycles. The zero-order valence-electron chi connectivity index (χ0n) is 16.8. The Balaban J connectivity index is 1.57. The van der Waals surface area contributed by atoms with Crippen molar-refractivity contribution in [1.82, 2.24) is 4.90 Å². The zero-order chi connectivity index (χ0) is 19.7. The molecule has 0 radical (unpaired) electrons. The van der Waals surface area contributed by atoms with Crippen molar-refractivity contribution in [2.45, 2.75) is 89.2 Å². The van der Waals surface area contributed by atoms with Crippen LogP contribution in [-0.4, -0.2) is 71.6 Å². The summed E-state index contributed by atoms with van der Waals surface area (Å²) in [7, 11) is 0. The van der Waals surface area contributed by atoms with E-state index in [0.717, 1.165) is 0 Å². The number of amides is 1. The first kappa shape index (κ1) is 19.9. The smallest absolute Gasteiger partial charge is 0.227 e. The lowest BCUT2D eigenvalue weighted by Gasteiger charge is -2.37. The maximum Gasteiger partial charge on any atom is 0.227 e. The molecule has 154 valence electrons. The van der Waals surface area contributed by atoms with Crippen LogP contribution in [0.1, 0.15) is 41.5 Å². The van der Waals surface area contributed by atoms with Gasteiger partial charge in [-0.3, -0.25) is 4.79 Å². The number of hydrogen-bond donors (Lipinski definition) is 0. The lowest BCUT2D eigenvalue weighted by Crippen LogP contribution is -2.56. The SMILES string of the molecule is CCN(CC)C(=O)[C@H]1[C@H](Cl)[C@H]1[C@H]1O[C@@H]2OC(C)(C)O[C@@H]2[C@H]2OC(C)(C)O[C@H]21. The molecule has 0 N–H and O–H groups in total. The number of carbonyl (C=O) groups is 1. The molecule has 4 aliphatic rings. The van der Waals surface area contributed by atoms with E-state index >= 15 is 0 Å². The summed E-state index contributed by atoms with van der Waals surface area (Å²) in [5, 5.41) is -0.275. The largest absolute Gasteiger partial charge is 0.343 e. The van der Waals surface area contributed by atoms with Crippen LogP contribution >= 0.6 is 11.6 Å². The van der Waals surface area contributed by atoms with Crippen LogP contribution in [-0.2, 0) is 28.5 Å². The van der Waals surface area contributed by atoms with Crippen molar-refractivity contribution in [1.29, 1.82) is 0 Å². The second kappa shape index (κ2) is 6.54. The van der Waals surface area contributed by atoms with Crippen LogP contribution in [0.4, 0.5) is 0 Å².